The average Bonchev–Trinajstić information content (AvgIpc) is 2.39. The summed E-state index contributed by atoms with van der Waals surface area (Å²) in [6.07, 6.45) is 1.44. The van der Waals surface area contributed by atoms with Gasteiger partial charge >= 0.3 is 0 Å². The minimum absolute atomic E-state index is 0.0731. The molecule has 0 aliphatic heterocycles. The van der Waals surface area contributed by atoms with Crippen LogP contribution in [0.3, 0.4) is 0 Å². The normalized spacial score (nSPS) is 11.0. The van der Waals surface area contributed by atoms with Crippen LogP contribution in [-0.4, -0.2) is 12.5 Å². The van der Waals surface area contributed by atoms with E-state index in [1.54, 1.807) is 0 Å². The first-order chi connectivity index (χ1) is 9.04. The quantitative estimate of drug-likeness (QED) is 0.629. The molecule has 0 saturated heterocycles. The van der Waals surface area contributed by atoms with Crippen molar-refractivity contribution < 1.29 is 4.79 Å². The van der Waals surface area contributed by atoms with Gasteiger partial charge in [0.1, 0.15) is 11.6 Å². The first-order valence-corrected chi connectivity index (χ1v) is 6.25. The van der Waals surface area contributed by atoms with Crippen LogP contribution in [-0.2, 0) is 4.79 Å². The summed E-state index contributed by atoms with van der Waals surface area (Å²) in [5.74, 6) is 0.00510. The second kappa shape index (κ2) is 7.22. The summed E-state index contributed by atoms with van der Waals surface area (Å²) in [5, 5.41) is 14.7. The van der Waals surface area contributed by atoms with E-state index in [-0.39, 0.29) is 11.5 Å². The van der Waals surface area contributed by atoms with E-state index in [4.69, 9.17) is 5.26 Å². The van der Waals surface area contributed by atoms with Crippen LogP contribution in [0.5, 0.6) is 0 Å². The average molecular weight is 257 g/mol. The zero-order chi connectivity index (χ0) is 14.3. The second-order valence-corrected chi connectivity index (χ2v) is 4.73. The molecule has 4 heteroatoms. The Kier molecular flexibility index (Phi) is 5.62. The predicted molar refractivity (Wildman–Crippen MR) is 76.3 cm³/mol. The monoisotopic (exact) mass is 257 g/mol. The molecule has 0 aromatic heterocycles. The number of benzene rings is 1. The van der Waals surface area contributed by atoms with Crippen molar-refractivity contribution in [2.24, 2.45) is 5.92 Å². The molecule has 4 nitrogen and oxygen atoms in total. The van der Waals surface area contributed by atoms with Crippen molar-refractivity contribution in [3.8, 4) is 6.07 Å². The highest BCUT2D eigenvalue weighted by Gasteiger charge is 2.08. The SMILES string of the molecule is Cc1ccccc1N/C=C(/C#N)C(=O)NCC(C)C. The molecule has 1 aromatic carbocycles. The Morgan fingerprint density at radius 1 is 1.42 bits per heavy atom. The number of anilines is 1. The molecule has 19 heavy (non-hydrogen) atoms. The molecule has 0 spiro atoms. The van der Waals surface area contributed by atoms with E-state index in [0.717, 1.165) is 11.3 Å². The van der Waals surface area contributed by atoms with Crippen molar-refractivity contribution in [2.75, 3.05) is 11.9 Å². The molecule has 0 fully saturated rings. The number of para-hydroxylation sites is 1. The van der Waals surface area contributed by atoms with Crippen molar-refractivity contribution in [1.82, 2.24) is 5.32 Å². The Morgan fingerprint density at radius 3 is 2.68 bits per heavy atom. The van der Waals surface area contributed by atoms with Gasteiger partial charge in [0.15, 0.2) is 0 Å². The number of carbonyl (C=O) groups excluding carboxylic acids is 1. The second-order valence-electron chi connectivity index (χ2n) is 4.73. The van der Waals surface area contributed by atoms with Gasteiger partial charge in [-0.2, -0.15) is 5.26 Å². The third kappa shape index (κ3) is 4.84. The van der Waals surface area contributed by atoms with E-state index < -0.39 is 0 Å². The molecule has 0 heterocycles. The van der Waals surface area contributed by atoms with Gasteiger partial charge in [-0.3, -0.25) is 4.79 Å². The number of nitrogens with one attached hydrogen (secondary N) is 2. The maximum atomic E-state index is 11.7. The standard InChI is InChI=1S/C15H19N3O/c1-11(2)9-18-15(19)13(8-16)10-17-14-7-5-4-6-12(14)3/h4-7,10-11,17H,9H2,1-3H3,(H,18,19)/b13-10-. The van der Waals surface area contributed by atoms with Gasteiger partial charge in [0.05, 0.1) is 0 Å². The Hall–Kier alpha value is -2.28. The third-order valence-electron chi connectivity index (χ3n) is 2.55. The number of nitrogens with zero attached hydrogens (tertiary/aromatic N) is 1. The number of carbonyl (C=O) groups is 1. The van der Waals surface area contributed by atoms with Crippen LogP contribution in [0.15, 0.2) is 36.0 Å². The van der Waals surface area contributed by atoms with Gasteiger partial charge in [-0.25, -0.2) is 0 Å². The Labute approximate surface area is 114 Å². The van der Waals surface area contributed by atoms with Crippen LogP contribution in [0.4, 0.5) is 5.69 Å². The summed E-state index contributed by atoms with van der Waals surface area (Å²) in [5.41, 5.74) is 2.01. The van der Waals surface area contributed by atoms with Crippen molar-refractivity contribution in [3.63, 3.8) is 0 Å². The molecule has 0 saturated carbocycles. The fourth-order valence-electron chi connectivity index (χ4n) is 1.43. The van der Waals surface area contributed by atoms with Gasteiger partial charge < -0.3 is 10.6 Å². The number of hydrogen-bond acceptors (Lipinski definition) is 3. The van der Waals surface area contributed by atoms with Crippen LogP contribution in [0.1, 0.15) is 19.4 Å². The summed E-state index contributed by atoms with van der Waals surface area (Å²) in [7, 11) is 0. The summed E-state index contributed by atoms with van der Waals surface area (Å²) in [6, 6.07) is 9.59. The maximum absolute atomic E-state index is 11.7. The minimum atomic E-state index is -0.350. The lowest BCUT2D eigenvalue weighted by Gasteiger charge is -2.08. The molecule has 2 N–H and O–H groups in total. The molecule has 100 valence electrons. The smallest absolute Gasteiger partial charge is 0.263 e. The van der Waals surface area contributed by atoms with Gasteiger partial charge in [0, 0.05) is 18.4 Å². The van der Waals surface area contributed by atoms with Gasteiger partial charge in [0.25, 0.3) is 5.91 Å². The van der Waals surface area contributed by atoms with E-state index in [9.17, 15) is 4.79 Å². The first kappa shape index (κ1) is 14.8. The number of nitriles is 1. The molecule has 0 unspecified atom stereocenters. The highest BCUT2D eigenvalue weighted by Crippen LogP contribution is 2.13. The molecule has 0 radical (unpaired) electrons. The lowest BCUT2D eigenvalue weighted by molar-refractivity contribution is -0.117. The van der Waals surface area contributed by atoms with Gasteiger partial charge in [-0.1, -0.05) is 32.0 Å². The highest BCUT2D eigenvalue weighted by atomic mass is 16.1. The van der Waals surface area contributed by atoms with Crippen molar-refractivity contribution in [3.05, 3.63) is 41.6 Å². The van der Waals surface area contributed by atoms with Crippen molar-refractivity contribution in [1.29, 1.82) is 5.26 Å². The topological polar surface area (TPSA) is 64.9 Å². The summed E-state index contributed by atoms with van der Waals surface area (Å²) in [4.78, 5) is 11.7. The fraction of sp³-hybridized carbons (Fsp3) is 0.333. The largest absolute Gasteiger partial charge is 0.360 e. The Balaban J connectivity index is 2.70. The molecular formula is C15H19N3O. The van der Waals surface area contributed by atoms with Gasteiger partial charge in [0.2, 0.25) is 0 Å². The third-order valence-corrected chi connectivity index (χ3v) is 2.55. The number of amides is 1. The molecule has 1 amide bonds. The van der Waals surface area contributed by atoms with E-state index in [0.29, 0.717) is 12.5 Å². The number of rotatable bonds is 5. The lowest BCUT2D eigenvalue weighted by atomic mass is 10.2. The molecule has 0 aliphatic carbocycles. The first-order valence-electron chi connectivity index (χ1n) is 6.25. The van der Waals surface area contributed by atoms with Crippen LogP contribution in [0, 0.1) is 24.2 Å². The zero-order valence-corrected chi connectivity index (χ0v) is 11.5. The molecule has 0 bridgehead atoms. The van der Waals surface area contributed by atoms with Crippen LogP contribution >= 0.6 is 0 Å². The lowest BCUT2D eigenvalue weighted by Crippen LogP contribution is -2.28. The highest BCUT2D eigenvalue weighted by molar-refractivity contribution is 5.97. The van der Waals surface area contributed by atoms with Gasteiger partial charge in [-0.05, 0) is 24.5 Å². The Bertz CT molecular complexity index is 512. The summed E-state index contributed by atoms with van der Waals surface area (Å²) in [6.45, 7) is 6.52. The summed E-state index contributed by atoms with van der Waals surface area (Å²) >= 11 is 0. The molecule has 0 atom stereocenters. The van der Waals surface area contributed by atoms with Crippen molar-refractivity contribution in [2.45, 2.75) is 20.8 Å². The maximum Gasteiger partial charge on any atom is 0.263 e. The fourth-order valence-corrected chi connectivity index (χ4v) is 1.43. The number of aryl methyl sites for hydroxylation is 1. The van der Waals surface area contributed by atoms with Crippen molar-refractivity contribution >= 4 is 11.6 Å². The van der Waals surface area contributed by atoms with E-state index >= 15 is 0 Å². The number of hydrogen-bond donors (Lipinski definition) is 2. The predicted octanol–water partition coefficient (Wildman–Crippen LogP) is 2.59. The molecule has 1 rings (SSSR count). The van der Waals surface area contributed by atoms with E-state index in [1.165, 1.54) is 6.20 Å². The minimum Gasteiger partial charge on any atom is -0.360 e. The van der Waals surface area contributed by atoms with Gasteiger partial charge in [-0.15, -0.1) is 0 Å². The van der Waals surface area contributed by atoms with Crippen LogP contribution in [0.25, 0.3) is 0 Å². The molecule has 1 aromatic rings. The zero-order valence-electron chi connectivity index (χ0n) is 11.5. The van der Waals surface area contributed by atoms with E-state index in [2.05, 4.69) is 10.6 Å². The van der Waals surface area contributed by atoms with E-state index in [1.807, 2.05) is 51.1 Å². The summed E-state index contributed by atoms with van der Waals surface area (Å²) < 4.78 is 0. The molecular weight excluding hydrogens is 238 g/mol. The van der Waals surface area contributed by atoms with Crippen LogP contribution < -0.4 is 10.6 Å². The van der Waals surface area contributed by atoms with Crippen LogP contribution in [0.2, 0.25) is 0 Å². The Morgan fingerprint density at radius 2 is 2.11 bits per heavy atom. The molecule has 0 aliphatic rings.